The lowest BCUT2D eigenvalue weighted by molar-refractivity contribution is 0.214. The molecule has 0 bridgehead atoms. The maximum absolute atomic E-state index is 13.7. The van der Waals surface area contributed by atoms with Crippen molar-refractivity contribution in [3.63, 3.8) is 0 Å². The van der Waals surface area contributed by atoms with Crippen LogP contribution in [0.1, 0.15) is 17.2 Å². The van der Waals surface area contributed by atoms with Crippen LogP contribution >= 0.6 is 43.5 Å². The Labute approximate surface area is 126 Å². The van der Waals surface area contributed by atoms with Gasteiger partial charge in [0, 0.05) is 25.1 Å². The highest BCUT2D eigenvalue weighted by molar-refractivity contribution is 9.10. The highest BCUT2D eigenvalue weighted by atomic mass is 79.9. The Balaban J connectivity index is 2.54. The lowest BCUT2D eigenvalue weighted by Crippen LogP contribution is -2.04. The van der Waals surface area contributed by atoms with Crippen LogP contribution in [-0.4, -0.2) is 5.11 Å². The first-order chi connectivity index (χ1) is 8.50. The molecule has 0 heterocycles. The largest absolute Gasteiger partial charge is 0.383 e. The Kier molecular flexibility index (Phi) is 4.43. The molecular formula is C13H8Br2ClFO. The molecule has 1 atom stereocenters. The molecule has 0 saturated carbocycles. The molecule has 0 saturated heterocycles. The maximum atomic E-state index is 13.7. The third-order valence-electron chi connectivity index (χ3n) is 2.53. The van der Waals surface area contributed by atoms with Gasteiger partial charge >= 0.3 is 0 Å². The summed E-state index contributed by atoms with van der Waals surface area (Å²) in [6.45, 7) is 0. The monoisotopic (exact) mass is 392 g/mol. The van der Waals surface area contributed by atoms with Crippen LogP contribution in [0.4, 0.5) is 4.39 Å². The van der Waals surface area contributed by atoms with Gasteiger partial charge < -0.3 is 5.11 Å². The molecule has 0 amide bonds. The molecule has 2 rings (SSSR count). The average molecular weight is 394 g/mol. The summed E-state index contributed by atoms with van der Waals surface area (Å²) in [6.07, 6.45) is -1.12. The molecule has 0 radical (unpaired) electrons. The molecule has 0 aromatic heterocycles. The molecule has 2 aromatic carbocycles. The molecule has 1 N–H and O–H groups in total. The van der Waals surface area contributed by atoms with Gasteiger partial charge in [-0.1, -0.05) is 49.5 Å². The van der Waals surface area contributed by atoms with Crippen LogP contribution in [0.25, 0.3) is 0 Å². The summed E-state index contributed by atoms with van der Waals surface area (Å²) < 4.78 is 15.1. The molecule has 94 valence electrons. The van der Waals surface area contributed by atoms with Gasteiger partial charge in [0.1, 0.15) is 11.9 Å². The van der Waals surface area contributed by atoms with Crippen molar-refractivity contribution in [1.29, 1.82) is 0 Å². The van der Waals surface area contributed by atoms with E-state index in [1.165, 1.54) is 12.1 Å². The van der Waals surface area contributed by atoms with Gasteiger partial charge in [0.05, 0.1) is 0 Å². The van der Waals surface area contributed by atoms with Gasteiger partial charge in [0.25, 0.3) is 0 Å². The Morgan fingerprint density at radius 1 is 1.17 bits per heavy atom. The van der Waals surface area contributed by atoms with Crippen LogP contribution in [-0.2, 0) is 0 Å². The molecule has 18 heavy (non-hydrogen) atoms. The Bertz CT molecular complexity index is 569. The van der Waals surface area contributed by atoms with E-state index in [0.717, 1.165) is 0 Å². The fourth-order valence-corrected chi connectivity index (χ4v) is 3.01. The Morgan fingerprint density at radius 2 is 1.89 bits per heavy atom. The van der Waals surface area contributed by atoms with Crippen LogP contribution in [0.2, 0.25) is 5.02 Å². The van der Waals surface area contributed by atoms with Crippen molar-refractivity contribution in [3.8, 4) is 0 Å². The smallest absolute Gasteiger partial charge is 0.129 e. The third kappa shape index (κ3) is 2.77. The zero-order valence-corrected chi connectivity index (χ0v) is 12.9. The van der Waals surface area contributed by atoms with E-state index in [-0.39, 0.29) is 5.56 Å². The Hall–Kier alpha value is -0.420. The molecule has 0 aliphatic carbocycles. The molecule has 0 aliphatic heterocycles. The minimum atomic E-state index is -1.12. The van der Waals surface area contributed by atoms with E-state index in [9.17, 15) is 9.50 Å². The highest BCUT2D eigenvalue weighted by Crippen LogP contribution is 2.35. The number of rotatable bonds is 2. The van der Waals surface area contributed by atoms with Crippen molar-refractivity contribution in [2.75, 3.05) is 0 Å². The maximum Gasteiger partial charge on any atom is 0.129 e. The first-order valence-corrected chi connectivity index (χ1v) is 7.04. The minimum absolute atomic E-state index is 0.179. The summed E-state index contributed by atoms with van der Waals surface area (Å²) >= 11 is 12.6. The van der Waals surface area contributed by atoms with Crippen molar-refractivity contribution in [2.45, 2.75) is 6.10 Å². The van der Waals surface area contributed by atoms with Crippen molar-refractivity contribution in [1.82, 2.24) is 0 Å². The number of aliphatic hydroxyl groups is 1. The minimum Gasteiger partial charge on any atom is -0.383 e. The fourth-order valence-electron chi connectivity index (χ4n) is 1.65. The second-order valence-corrected chi connectivity index (χ2v) is 5.88. The summed E-state index contributed by atoms with van der Waals surface area (Å²) in [6, 6.07) is 9.57. The van der Waals surface area contributed by atoms with E-state index < -0.39 is 11.9 Å². The SMILES string of the molecule is OC(c1cc(Br)ccc1F)c1c(Cl)cccc1Br. The van der Waals surface area contributed by atoms with E-state index in [1.807, 2.05) is 0 Å². The van der Waals surface area contributed by atoms with Crippen molar-refractivity contribution >= 4 is 43.5 Å². The zero-order chi connectivity index (χ0) is 13.3. The summed E-state index contributed by atoms with van der Waals surface area (Å²) in [5.74, 6) is -0.475. The summed E-state index contributed by atoms with van der Waals surface area (Å²) in [7, 11) is 0. The van der Waals surface area contributed by atoms with Gasteiger partial charge in [-0.2, -0.15) is 0 Å². The lowest BCUT2D eigenvalue weighted by Gasteiger charge is -2.16. The van der Waals surface area contributed by atoms with Gasteiger partial charge in [0.15, 0.2) is 0 Å². The fraction of sp³-hybridized carbons (Fsp3) is 0.0769. The van der Waals surface area contributed by atoms with Gasteiger partial charge in [-0.25, -0.2) is 4.39 Å². The molecule has 5 heteroatoms. The van der Waals surface area contributed by atoms with E-state index in [2.05, 4.69) is 31.9 Å². The van der Waals surface area contributed by atoms with E-state index in [4.69, 9.17) is 11.6 Å². The second kappa shape index (κ2) is 5.70. The van der Waals surface area contributed by atoms with Crippen molar-refractivity contribution in [3.05, 3.63) is 67.3 Å². The van der Waals surface area contributed by atoms with E-state index in [0.29, 0.717) is 19.5 Å². The predicted octanol–water partition coefficient (Wildman–Crippen LogP) is 5.09. The zero-order valence-electron chi connectivity index (χ0n) is 9.00. The van der Waals surface area contributed by atoms with E-state index >= 15 is 0 Å². The first-order valence-electron chi connectivity index (χ1n) is 5.07. The van der Waals surface area contributed by atoms with Crippen molar-refractivity contribution in [2.24, 2.45) is 0 Å². The number of hydrogen-bond acceptors (Lipinski definition) is 1. The molecule has 2 aromatic rings. The van der Waals surface area contributed by atoms with Crippen LogP contribution in [0.5, 0.6) is 0 Å². The van der Waals surface area contributed by atoms with E-state index in [1.54, 1.807) is 24.3 Å². The average Bonchev–Trinajstić information content (AvgIpc) is 2.32. The second-order valence-electron chi connectivity index (χ2n) is 3.70. The van der Waals surface area contributed by atoms with Crippen LogP contribution in [0.15, 0.2) is 45.3 Å². The van der Waals surface area contributed by atoms with Gasteiger partial charge in [-0.15, -0.1) is 0 Å². The quantitative estimate of drug-likeness (QED) is 0.753. The first kappa shape index (κ1) is 14.0. The topological polar surface area (TPSA) is 20.2 Å². The molecule has 0 fully saturated rings. The number of hydrogen-bond donors (Lipinski definition) is 1. The van der Waals surface area contributed by atoms with Crippen LogP contribution in [0, 0.1) is 5.82 Å². The molecule has 1 nitrogen and oxygen atoms in total. The van der Waals surface area contributed by atoms with Gasteiger partial charge in [0.2, 0.25) is 0 Å². The standard InChI is InChI=1S/C13H8Br2ClFO/c14-7-4-5-11(17)8(6-7)13(18)12-9(15)2-1-3-10(12)16/h1-6,13,18H. The summed E-state index contributed by atoms with van der Waals surface area (Å²) in [5.41, 5.74) is 0.634. The third-order valence-corrected chi connectivity index (χ3v) is 4.04. The highest BCUT2D eigenvalue weighted by Gasteiger charge is 2.20. The van der Waals surface area contributed by atoms with Gasteiger partial charge in [-0.05, 0) is 30.3 Å². The predicted molar refractivity (Wildman–Crippen MR) is 77.3 cm³/mol. The molecule has 0 spiro atoms. The summed E-state index contributed by atoms with van der Waals surface area (Å²) in [4.78, 5) is 0. The van der Waals surface area contributed by atoms with Crippen LogP contribution < -0.4 is 0 Å². The Morgan fingerprint density at radius 3 is 2.56 bits per heavy atom. The van der Waals surface area contributed by atoms with Gasteiger partial charge in [-0.3, -0.25) is 0 Å². The number of halogens is 4. The molecule has 1 unspecified atom stereocenters. The number of aliphatic hydroxyl groups excluding tert-OH is 1. The normalized spacial score (nSPS) is 12.5. The van der Waals surface area contributed by atoms with Crippen molar-refractivity contribution < 1.29 is 9.50 Å². The van der Waals surface area contributed by atoms with Crippen LogP contribution in [0.3, 0.4) is 0 Å². The molecular weight excluding hydrogens is 386 g/mol. The molecule has 0 aliphatic rings. The summed E-state index contributed by atoms with van der Waals surface area (Å²) in [5, 5.41) is 10.7. The lowest BCUT2D eigenvalue weighted by atomic mass is 10.0. The number of benzene rings is 2.